The monoisotopic (exact) mass is 346 g/mol. The van der Waals surface area contributed by atoms with E-state index >= 15 is 0 Å². The summed E-state index contributed by atoms with van der Waals surface area (Å²) in [5.74, 6) is -1.19. The smallest absolute Gasteiger partial charge is 0.335 e. The number of rotatable bonds is 11. The van der Waals surface area contributed by atoms with E-state index in [1.54, 1.807) is 7.11 Å². The van der Waals surface area contributed by atoms with Gasteiger partial charge >= 0.3 is 5.97 Å². The van der Waals surface area contributed by atoms with Gasteiger partial charge in [-0.1, -0.05) is 0 Å². The summed E-state index contributed by atoms with van der Waals surface area (Å²) in [5.41, 5.74) is 0.246. The quantitative estimate of drug-likeness (QED) is 0.507. The van der Waals surface area contributed by atoms with Crippen LogP contribution in [-0.4, -0.2) is 60.0 Å². The lowest BCUT2D eigenvalue weighted by Gasteiger charge is -2.14. The molecular weight excluding hydrogens is 324 g/mol. The first-order valence-electron chi connectivity index (χ1n) is 7.01. The van der Waals surface area contributed by atoms with Crippen LogP contribution >= 0.6 is 0 Å². The number of hydrogen-bond donors (Lipinski definition) is 3. The van der Waals surface area contributed by atoms with Crippen LogP contribution in [0.2, 0.25) is 0 Å². The van der Waals surface area contributed by atoms with Crippen LogP contribution in [0.25, 0.3) is 0 Å². The third-order valence-corrected chi connectivity index (χ3v) is 4.46. The molecule has 8 nitrogen and oxygen atoms in total. The van der Waals surface area contributed by atoms with E-state index in [1.807, 2.05) is 0 Å². The van der Waals surface area contributed by atoms with Crippen LogP contribution in [0.5, 0.6) is 0 Å². The molecule has 0 spiro atoms. The van der Waals surface area contributed by atoms with E-state index in [0.29, 0.717) is 25.3 Å². The van der Waals surface area contributed by atoms with Gasteiger partial charge in [-0.15, -0.1) is 0 Å². The Balaban J connectivity index is 3.02. The molecule has 1 aromatic carbocycles. The standard InChI is InChI=1S/C14H22N2O6S/c1-21-8-3-6-15-12-5-4-11(14(17)18)10-13(12)23(19,20)16-7-9-22-2/h4-5,10,15-16H,3,6-9H2,1-2H3,(H,17,18). The molecule has 3 N–H and O–H groups in total. The molecule has 0 unspecified atom stereocenters. The van der Waals surface area contributed by atoms with Crippen LogP contribution in [0.1, 0.15) is 16.8 Å². The number of carboxylic acid groups (broad SMARTS) is 1. The van der Waals surface area contributed by atoms with E-state index < -0.39 is 16.0 Å². The highest BCUT2D eigenvalue weighted by Gasteiger charge is 2.20. The van der Waals surface area contributed by atoms with Gasteiger partial charge in [0.2, 0.25) is 10.0 Å². The fraction of sp³-hybridized carbons (Fsp3) is 0.500. The number of benzene rings is 1. The Morgan fingerprint density at radius 3 is 2.48 bits per heavy atom. The summed E-state index contributed by atoms with van der Waals surface area (Å²) in [7, 11) is -0.808. The molecule has 0 aromatic heterocycles. The van der Waals surface area contributed by atoms with Crippen LogP contribution in [0.4, 0.5) is 5.69 Å². The minimum absolute atomic E-state index is 0.0965. The predicted octanol–water partition coefficient (Wildman–Crippen LogP) is 0.758. The lowest BCUT2D eigenvalue weighted by Crippen LogP contribution is -2.28. The molecule has 130 valence electrons. The van der Waals surface area contributed by atoms with Gasteiger partial charge in [-0.05, 0) is 24.6 Å². The van der Waals surface area contributed by atoms with Crippen molar-refractivity contribution in [1.29, 1.82) is 0 Å². The molecule has 0 atom stereocenters. The van der Waals surface area contributed by atoms with Crippen molar-refractivity contribution in [2.75, 3.05) is 45.8 Å². The van der Waals surface area contributed by atoms with E-state index in [4.69, 9.17) is 14.6 Å². The Labute approximate surface area is 135 Å². The summed E-state index contributed by atoms with van der Waals surface area (Å²) in [5, 5.41) is 12.0. The number of aromatic carboxylic acids is 1. The minimum atomic E-state index is -3.85. The van der Waals surface area contributed by atoms with Gasteiger partial charge in [0.15, 0.2) is 0 Å². The van der Waals surface area contributed by atoms with Gasteiger partial charge < -0.3 is 19.9 Å². The highest BCUT2D eigenvalue weighted by Crippen LogP contribution is 2.23. The molecule has 1 rings (SSSR count). The van der Waals surface area contributed by atoms with Crippen LogP contribution in [0.3, 0.4) is 0 Å². The second-order valence-corrected chi connectivity index (χ2v) is 6.42. The average Bonchev–Trinajstić information content (AvgIpc) is 2.51. The molecule has 23 heavy (non-hydrogen) atoms. The number of ether oxygens (including phenoxy) is 2. The Morgan fingerprint density at radius 1 is 1.17 bits per heavy atom. The molecule has 0 amide bonds. The second kappa shape index (κ2) is 9.46. The summed E-state index contributed by atoms with van der Waals surface area (Å²) in [6, 6.07) is 3.94. The van der Waals surface area contributed by atoms with Crippen molar-refractivity contribution in [3.63, 3.8) is 0 Å². The van der Waals surface area contributed by atoms with E-state index in [-0.39, 0.29) is 23.6 Å². The highest BCUT2D eigenvalue weighted by atomic mass is 32.2. The van der Waals surface area contributed by atoms with E-state index in [9.17, 15) is 13.2 Å². The number of sulfonamides is 1. The minimum Gasteiger partial charge on any atom is -0.478 e. The first-order chi connectivity index (χ1) is 10.9. The fourth-order valence-electron chi connectivity index (χ4n) is 1.82. The zero-order chi connectivity index (χ0) is 17.3. The van der Waals surface area contributed by atoms with Crippen molar-refractivity contribution in [3.8, 4) is 0 Å². The van der Waals surface area contributed by atoms with Gasteiger partial charge in [0.05, 0.1) is 17.9 Å². The van der Waals surface area contributed by atoms with Crippen LogP contribution in [0, 0.1) is 0 Å². The van der Waals surface area contributed by atoms with Gasteiger partial charge in [0.25, 0.3) is 0 Å². The van der Waals surface area contributed by atoms with E-state index in [0.717, 1.165) is 6.07 Å². The molecular formula is C14H22N2O6S. The first kappa shape index (κ1) is 19.4. The predicted molar refractivity (Wildman–Crippen MR) is 85.4 cm³/mol. The van der Waals surface area contributed by atoms with Crippen molar-refractivity contribution < 1.29 is 27.8 Å². The summed E-state index contributed by atoms with van der Waals surface area (Å²) >= 11 is 0. The maximum Gasteiger partial charge on any atom is 0.335 e. The van der Waals surface area contributed by atoms with Crippen molar-refractivity contribution in [2.24, 2.45) is 0 Å². The molecule has 1 aromatic rings. The van der Waals surface area contributed by atoms with Crippen molar-refractivity contribution in [3.05, 3.63) is 23.8 Å². The molecule has 0 radical (unpaired) electrons. The summed E-state index contributed by atoms with van der Waals surface area (Å²) in [4.78, 5) is 11.0. The van der Waals surface area contributed by atoms with Crippen molar-refractivity contribution in [2.45, 2.75) is 11.3 Å². The van der Waals surface area contributed by atoms with E-state index in [2.05, 4.69) is 10.0 Å². The molecule has 0 saturated carbocycles. The SMILES string of the molecule is COCCCNc1ccc(C(=O)O)cc1S(=O)(=O)NCCOC. The third kappa shape index (κ3) is 6.14. The third-order valence-electron chi connectivity index (χ3n) is 2.96. The lowest BCUT2D eigenvalue weighted by molar-refractivity contribution is 0.0696. The number of hydrogen-bond acceptors (Lipinski definition) is 6. The Morgan fingerprint density at radius 2 is 1.87 bits per heavy atom. The maximum atomic E-state index is 12.4. The Bertz CT molecular complexity index is 618. The summed E-state index contributed by atoms with van der Waals surface area (Å²) in [6.07, 6.45) is 0.688. The molecule has 0 heterocycles. The molecule has 0 saturated heterocycles. The van der Waals surface area contributed by atoms with Gasteiger partial charge in [0, 0.05) is 33.9 Å². The zero-order valence-electron chi connectivity index (χ0n) is 13.2. The zero-order valence-corrected chi connectivity index (χ0v) is 14.0. The number of carbonyl (C=O) groups is 1. The number of nitrogens with one attached hydrogen (secondary N) is 2. The maximum absolute atomic E-state index is 12.4. The highest BCUT2D eigenvalue weighted by molar-refractivity contribution is 7.89. The molecule has 0 fully saturated rings. The largest absolute Gasteiger partial charge is 0.478 e. The van der Waals surface area contributed by atoms with Gasteiger partial charge in [0.1, 0.15) is 4.90 Å². The summed E-state index contributed by atoms with van der Waals surface area (Å²) < 4.78 is 36.8. The molecule has 0 aliphatic carbocycles. The van der Waals surface area contributed by atoms with Crippen molar-refractivity contribution in [1.82, 2.24) is 4.72 Å². The number of methoxy groups -OCH3 is 2. The normalized spacial score (nSPS) is 11.4. The van der Waals surface area contributed by atoms with Gasteiger partial charge in [-0.25, -0.2) is 17.9 Å². The first-order valence-corrected chi connectivity index (χ1v) is 8.49. The Hall–Kier alpha value is -1.68. The molecule has 0 aliphatic heterocycles. The molecule has 9 heteroatoms. The lowest BCUT2D eigenvalue weighted by atomic mass is 10.2. The van der Waals surface area contributed by atoms with Gasteiger partial charge in [-0.2, -0.15) is 0 Å². The number of anilines is 1. The molecule has 0 bridgehead atoms. The average molecular weight is 346 g/mol. The number of carboxylic acids is 1. The van der Waals surface area contributed by atoms with Crippen LogP contribution in [0.15, 0.2) is 23.1 Å². The van der Waals surface area contributed by atoms with Crippen molar-refractivity contribution >= 4 is 21.7 Å². The Kier molecular flexibility index (Phi) is 7.96. The fourth-order valence-corrected chi connectivity index (χ4v) is 3.04. The topological polar surface area (TPSA) is 114 Å². The van der Waals surface area contributed by atoms with E-state index in [1.165, 1.54) is 19.2 Å². The van der Waals surface area contributed by atoms with Crippen LogP contribution in [-0.2, 0) is 19.5 Å². The second-order valence-electron chi connectivity index (χ2n) is 4.68. The summed E-state index contributed by atoms with van der Waals surface area (Å²) in [6.45, 7) is 1.35. The van der Waals surface area contributed by atoms with Gasteiger partial charge in [-0.3, -0.25) is 0 Å². The van der Waals surface area contributed by atoms with Crippen LogP contribution < -0.4 is 10.0 Å². The molecule has 0 aliphatic rings.